The van der Waals surface area contributed by atoms with E-state index in [4.69, 9.17) is 18.9 Å². The average molecular weight is 377 g/mol. The Kier molecular flexibility index (Phi) is 4.21. The first kappa shape index (κ1) is 18.3. The Balaban J connectivity index is 1.64. The second-order valence-electron chi connectivity index (χ2n) is 9.14. The topological polar surface area (TPSA) is 54.0 Å². The van der Waals surface area contributed by atoms with Gasteiger partial charge < -0.3 is 18.9 Å². The smallest absolute Gasteiger partial charge is 0.191 e. The van der Waals surface area contributed by atoms with E-state index in [1.165, 1.54) is 0 Å². The van der Waals surface area contributed by atoms with E-state index >= 15 is 0 Å². The molecule has 0 radical (unpaired) electrons. The molecule has 2 aliphatic heterocycles. The summed E-state index contributed by atoms with van der Waals surface area (Å²) in [5, 5.41) is 0. The van der Waals surface area contributed by atoms with Crippen molar-refractivity contribution < 1.29 is 23.7 Å². The molecule has 2 saturated heterocycles. The average Bonchev–Trinajstić information content (AvgIpc) is 3.01. The van der Waals surface area contributed by atoms with Crippen LogP contribution in [-0.2, 0) is 30.3 Å². The highest BCUT2D eigenvalue weighted by Crippen LogP contribution is 2.59. The quantitative estimate of drug-likeness (QED) is 0.753. The van der Waals surface area contributed by atoms with Crippen molar-refractivity contribution >= 4 is 13.9 Å². The molecule has 1 aromatic carbocycles. The van der Waals surface area contributed by atoms with E-state index in [1.54, 1.807) is 0 Å². The van der Waals surface area contributed by atoms with Crippen LogP contribution in [0.3, 0.4) is 0 Å². The molecule has 3 fully saturated rings. The molecular weight excluding hydrogens is 348 g/mol. The van der Waals surface area contributed by atoms with E-state index in [2.05, 4.69) is 19.6 Å². The number of ketones is 1. The van der Waals surface area contributed by atoms with Crippen LogP contribution in [0.1, 0.15) is 25.8 Å². The summed E-state index contributed by atoms with van der Waals surface area (Å²) in [5.41, 5.74) is 0.371. The number of carbonyl (C=O) groups is 1. The minimum absolute atomic E-state index is 0.127. The van der Waals surface area contributed by atoms with Crippen molar-refractivity contribution in [3.05, 3.63) is 35.9 Å². The molecule has 5 atom stereocenters. The van der Waals surface area contributed by atoms with Gasteiger partial charge in [0, 0.05) is 6.42 Å². The first-order valence-corrected chi connectivity index (χ1v) is 12.9. The molecule has 1 aromatic rings. The normalized spacial score (nSPS) is 38.4. The maximum Gasteiger partial charge on any atom is 0.191 e. The van der Waals surface area contributed by atoms with Gasteiger partial charge in [-0.3, -0.25) is 4.79 Å². The van der Waals surface area contributed by atoms with E-state index in [1.807, 2.05) is 44.2 Å². The molecule has 4 rings (SSSR count). The Morgan fingerprint density at radius 1 is 1.12 bits per heavy atom. The molecule has 2 heterocycles. The zero-order chi connectivity index (χ0) is 18.7. The van der Waals surface area contributed by atoms with Crippen LogP contribution in [0.5, 0.6) is 0 Å². The predicted octanol–water partition coefficient (Wildman–Crippen LogP) is 3.50. The van der Waals surface area contributed by atoms with Crippen molar-refractivity contribution in [2.45, 2.75) is 81.9 Å². The van der Waals surface area contributed by atoms with Crippen LogP contribution < -0.4 is 0 Å². The van der Waals surface area contributed by atoms with Gasteiger partial charge in [0.05, 0.1) is 14.7 Å². The van der Waals surface area contributed by atoms with Crippen LogP contribution >= 0.6 is 0 Å². The number of hydrogen-bond donors (Lipinski definition) is 0. The highest BCUT2D eigenvalue weighted by molar-refractivity contribution is 6.79. The number of fused-ring (bicyclic) bond motifs is 1. The lowest BCUT2D eigenvalue weighted by Crippen LogP contribution is -2.67. The van der Waals surface area contributed by atoms with Gasteiger partial charge in [0.2, 0.25) is 0 Å². The molecule has 3 aliphatic rings. The second-order valence-corrected chi connectivity index (χ2v) is 14.6. The van der Waals surface area contributed by atoms with Gasteiger partial charge in [-0.2, -0.15) is 0 Å². The molecule has 142 valence electrons. The van der Waals surface area contributed by atoms with Gasteiger partial charge >= 0.3 is 0 Å². The lowest BCUT2D eigenvalue weighted by Gasteiger charge is -2.53. The maximum atomic E-state index is 12.8. The monoisotopic (exact) mass is 376 g/mol. The number of hydrogen-bond acceptors (Lipinski definition) is 5. The Hall–Kier alpha value is -1.05. The lowest BCUT2D eigenvalue weighted by atomic mass is 9.73. The molecule has 0 N–H and O–H groups in total. The summed E-state index contributed by atoms with van der Waals surface area (Å²) >= 11 is 0. The molecule has 6 heteroatoms. The summed E-state index contributed by atoms with van der Waals surface area (Å²) in [4.78, 5) is 12.8. The summed E-state index contributed by atoms with van der Waals surface area (Å²) in [7, 11) is -1.62. The molecule has 0 aromatic heterocycles. The minimum atomic E-state index is -1.62. The van der Waals surface area contributed by atoms with Gasteiger partial charge in [0.25, 0.3) is 0 Å². The van der Waals surface area contributed by atoms with Gasteiger partial charge in [-0.1, -0.05) is 50.0 Å². The maximum absolute atomic E-state index is 12.8. The third-order valence-corrected chi connectivity index (χ3v) is 8.50. The molecule has 2 unspecified atom stereocenters. The predicted molar refractivity (Wildman–Crippen MR) is 99.4 cm³/mol. The van der Waals surface area contributed by atoms with Crippen LogP contribution in [0.15, 0.2) is 30.3 Å². The SMILES string of the molecule is CC1(C)OC2O[C@]3(C(=O)C[C@@H]3[Si](C)(C)C)[C@@H](OCc3ccccc3)C2O1. The minimum Gasteiger partial charge on any atom is -0.367 e. The molecular formula is C20H28O5Si. The van der Waals surface area contributed by atoms with Crippen molar-refractivity contribution in [3.8, 4) is 0 Å². The van der Waals surface area contributed by atoms with Crippen LogP contribution in [0, 0.1) is 0 Å². The highest BCUT2D eigenvalue weighted by Gasteiger charge is 2.74. The standard InChI is InChI=1S/C20H28O5Si/c1-19(2)23-16-17(22-12-13-9-7-6-8-10-13)20(25-18(16)24-19)14(21)11-15(20)26(3,4)5/h6-10,15-18H,11-12H2,1-5H3/t15-,16?,17-,18?,20-/m0/s1. The Morgan fingerprint density at radius 3 is 2.42 bits per heavy atom. The number of rotatable bonds is 4. The summed E-state index contributed by atoms with van der Waals surface area (Å²) in [6.45, 7) is 11.0. The highest BCUT2D eigenvalue weighted by atomic mass is 28.3. The van der Waals surface area contributed by atoms with Gasteiger partial charge in [-0.25, -0.2) is 0 Å². The number of Topliss-reactive ketones (excluding diaryl/α,β-unsaturated/α-hetero) is 1. The van der Waals surface area contributed by atoms with Crippen LogP contribution in [0.2, 0.25) is 25.2 Å². The molecule has 1 saturated carbocycles. The van der Waals surface area contributed by atoms with Crippen molar-refractivity contribution in [1.29, 1.82) is 0 Å². The molecule has 5 nitrogen and oxygen atoms in total. The third kappa shape index (κ3) is 2.79. The van der Waals surface area contributed by atoms with Gasteiger partial charge in [0.15, 0.2) is 23.5 Å². The fourth-order valence-electron chi connectivity index (χ4n) is 4.55. The van der Waals surface area contributed by atoms with E-state index < -0.39 is 31.9 Å². The van der Waals surface area contributed by atoms with Gasteiger partial charge in [0.1, 0.15) is 12.2 Å². The van der Waals surface area contributed by atoms with E-state index in [0.29, 0.717) is 13.0 Å². The largest absolute Gasteiger partial charge is 0.367 e. The zero-order valence-corrected chi connectivity index (χ0v) is 17.2. The van der Waals surface area contributed by atoms with Crippen LogP contribution in [0.25, 0.3) is 0 Å². The molecule has 1 spiro atoms. The van der Waals surface area contributed by atoms with Crippen molar-refractivity contribution in [2.24, 2.45) is 0 Å². The third-order valence-electron chi connectivity index (χ3n) is 5.78. The summed E-state index contributed by atoms with van der Waals surface area (Å²) in [5.74, 6) is -0.602. The fraction of sp³-hybridized carbons (Fsp3) is 0.650. The van der Waals surface area contributed by atoms with E-state index in [0.717, 1.165) is 5.56 Å². The summed E-state index contributed by atoms with van der Waals surface area (Å²) in [6, 6.07) is 10.00. The van der Waals surface area contributed by atoms with Crippen LogP contribution in [-0.4, -0.2) is 43.7 Å². The molecule has 0 bridgehead atoms. The zero-order valence-electron chi connectivity index (χ0n) is 16.2. The van der Waals surface area contributed by atoms with Crippen molar-refractivity contribution in [3.63, 3.8) is 0 Å². The first-order valence-electron chi connectivity index (χ1n) is 9.36. The molecule has 26 heavy (non-hydrogen) atoms. The fourth-order valence-corrected chi connectivity index (χ4v) is 7.03. The summed E-state index contributed by atoms with van der Waals surface area (Å²) in [6.07, 6.45) is -0.790. The molecule has 1 aliphatic carbocycles. The Labute approximate surface area is 156 Å². The van der Waals surface area contributed by atoms with Crippen LogP contribution in [0.4, 0.5) is 0 Å². The number of carbonyl (C=O) groups excluding carboxylic acids is 1. The Morgan fingerprint density at radius 2 is 1.81 bits per heavy atom. The van der Waals surface area contributed by atoms with Gasteiger partial charge in [-0.05, 0) is 25.0 Å². The Bertz CT molecular complexity index is 698. The molecule has 0 amide bonds. The van der Waals surface area contributed by atoms with Crippen molar-refractivity contribution in [2.75, 3.05) is 0 Å². The first-order chi connectivity index (χ1) is 12.1. The van der Waals surface area contributed by atoms with Gasteiger partial charge in [-0.15, -0.1) is 0 Å². The van der Waals surface area contributed by atoms with E-state index in [9.17, 15) is 4.79 Å². The number of ether oxygens (including phenoxy) is 4. The van der Waals surface area contributed by atoms with Crippen molar-refractivity contribution in [1.82, 2.24) is 0 Å². The number of benzene rings is 1. The second kappa shape index (κ2) is 5.97. The van der Waals surface area contributed by atoms with E-state index in [-0.39, 0.29) is 17.4 Å². The lowest BCUT2D eigenvalue weighted by molar-refractivity contribution is -0.251. The summed E-state index contributed by atoms with van der Waals surface area (Å²) < 4.78 is 24.7.